The Balaban J connectivity index is 0.000000919. The monoisotopic (exact) mass is 1700 g/mol. The van der Waals surface area contributed by atoms with Gasteiger partial charge in [-0.25, -0.2) is 9.59 Å². The number of unbranched alkanes of at least 4 members (excludes halogenated alkanes) is 23. The van der Waals surface area contributed by atoms with Gasteiger partial charge in [0.2, 0.25) is 0 Å². The summed E-state index contributed by atoms with van der Waals surface area (Å²) in [4.78, 5) is 33.5. The number of rotatable bonds is 52. The molecule has 8 atom stereocenters. The molecule has 0 bridgehead atoms. The van der Waals surface area contributed by atoms with Crippen molar-refractivity contribution in [3.63, 3.8) is 0 Å². The van der Waals surface area contributed by atoms with Crippen LogP contribution in [-0.4, -0.2) is 132 Å². The summed E-state index contributed by atoms with van der Waals surface area (Å²) >= 11 is 4.24. The Labute approximate surface area is 668 Å². The Morgan fingerprint density at radius 1 is 0.443 bits per heavy atom. The average Bonchev–Trinajstić information content (AvgIpc) is 0.857. The number of esters is 2. The van der Waals surface area contributed by atoms with E-state index in [2.05, 4.69) is 82.3 Å². The number of aliphatic hydroxyl groups excluding tert-OH is 2. The summed E-state index contributed by atoms with van der Waals surface area (Å²) in [6.45, 7) is 23.6. The van der Waals surface area contributed by atoms with Gasteiger partial charge in [-0.3, -0.25) is 0 Å². The summed E-state index contributed by atoms with van der Waals surface area (Å²) in [6, 6.07) is 31.3. The Morgan fingerprint density at radius 3 is 1.14 bits per heavy atom. The van der Waals surface area contributed by atoms with Gasteiger partial charge in [-0.15, -0.1) is 0 Å². The van der Waals surface area contributed by atoms with Crippen molar-refractivity contribution >= 4 is 63.9 Å². The van der Waals surface area contributed by atoms with Gasteiger partial charge in [0, 0.05) is 84.5 Å². The standard InChI is InChI=1S/C46H72O8.C30H44O5.C8H16O.C4H10O.B.I2/c1-5-8-9-14-17-20-44-51-39(6-2)32-42(53-44)34-43-33-41(31-35(4)47)52-45(54-43)21-18-15-12-10-11-13-16-19-30-50-40-28-26-37(27-29-40)36-22-24-38(25-23-36)46(48)49-7-3;1-4-32-29(33-5-2)15-13-11-9-7-8-10-12-14-24-35-28-22-20-26(21-23-28)25-16-18-27(19-17-25)30(31)34-6-3;1-2-3-4-5-6-7-8-9;1-3-4(2)5;;1-2/h22-29,35,39,41-45,47H,5-21,30-34H2,1-4H3;16-23,29H,4-15,24H2,1-3H3;8H,2-7H2,1H3;4-5H,3H2,1-2H3;;. The maximum atomic E-state index is 11.9. The minimum Gasteiger partial charge on any atom is -0.494 e. The van der Waals surface area contributed by atoms with Gasteiger partial charge < -0.3 is 62.4 Å². The van der Waals surface area contributed by atoms with Crippen molar-refractivity contribution in [2.45, 2.75) is 356 Å². The number of aldehydes is 1. The zero-order valence-electron chi connectivity index (χ0n) is 67.2. The average molecular weight is 1700 g/mol. The number of hydrogen-bond acceptors (Lipinski definition) is 15. The van der Waals surface area contributed by atoms with Crippen LogP contribution in [0.5, 0.6) is 11.5 Å². The summed E-state index contributed by atoms with van der Waals surface area (Å²) in [6.07, 6.45) is 41.3. The van der Waals surface area contributed by atoms with Crippen LogP contribution in [0.15, 0.2) is 97.1 Å². The van der Waals surface area contributed by atoms with Gasteiger partial charge in [0.25, 0.3) is 0 Å². The van der Waals surface area contributed by atoms with E-state index in [0.29, 0.717) is 44.0 Å². The molecular weight excluding hydrogens is 1560 g/mol. The summed E-state index contributed by atoms with van der Waals surface area (Å²) in [5.41, 5.74) is 5.44. The van der Waals surface area contributed by atoms with Crippen LogP contribution in [0.1, 0.15) is 321 Å². The van der Waals surface area contributed by atoms with Crippen LogP contribution in [0, 0.1) is 0 Å². The van der Waals surface area contributed by atoms with Crippen molar-refractivity contribution in [1.82, 2.24) is 0 Å². The highest BCUT2D eigenvalue weighted by Gasteiger charge is 2.36. The van der Waals surface area contributed by atoms with Gasteiger partial charge in [-0.05, 0) is 189 Å². The third-order valence-corrected chi connectivity index (χ3v) is 18.7. The summed E-state index contributed by atoms with van der Waals surface area (Å²) in [5.74, 6) is 1.21. The number of halogens is 2. The van der Waals surface area contributed by atoms with Crippen LogP contribution in [0.25, 0.3) is 22.3 Å². The Bertz CT molecular complexity index is 2650. The van der Waals surface area contributed by atoms with Crippen LogP contribution < -0.4 is 9.47 Å². The summed E-state index contributed by atoms with van der Waals surface area (Å²) < 4.78 is 58.9. The van der Waals surface area contributed by atoms with E-state index in [9.17, 15) is 19.5 Å². The molecule has 2 N–H and O–H groups in total. The molecule has 4 aromatic rings. The summed E-state index contributed by atoms with van der Waals surface area (Å²) in [5, 5.41) is 18.5. The van der Waals surface area contributed by atoms with Gasteiger partial charge in [0.15, 0.2) is 18.9 Å². The van der Waals surface area contributed by atoms with Crippen molar-refractivity contribution in [2.24, 2.45) is 0 Å². The van der Waals surface area contributed by atoms with Crippen LogP contribution in [0.4, 0.5) is 0 Å². The van der Waals surface area contributed by atoms with E-state index in [1.165, 1.54) is 135 Å². The van der Waals surface area contributed by atoms with E-state index in [1.54, 1.807) is 31.2 Å². The normalized spacial score (nSPS) is 17.2. The fourth-order valence-corrected chi connectivity index (χ4v) is 12.6. The maximum absolute atomic E-state index is 11.9. The molecule has 0 aromatic heterocycles. The molecule has 2 fully saturated rings. The molecule has 2 aliphatic heterocycles. The highest BCUT2D eigenvalue weighted by molar-refractivity contribution is 15.0. The Hall–Kier alpha value is -3.71. The fourth-order valence-electron chi connectivity index (χ4n) is 12.6. The molecule has 0 spiro atoms. The number of ether oxygens (including phenoxy) is 10. The third kappa shape index (κ3) is 49.5. The lowest BCUT2D eigenvalue weighted by molar-refractivity contribution is -0.275. The largest absolute Gasteiger partial charge is 0.494 e. The lowest BCUT2D eigenvalue weighted by Gasteiger charge is -2.40. The molecule has 2 saturated heterocycles. The molecule has 0 aliphatic carbocycles. The van der Waals surface area contributed by atoms with E-state index in [-0.39, 0.29) is 75.8 Å². The van der Waals surface area contributed by atoms with E-state index in [4.69, 9.17) is 52.5 Å². The highest BCUT2D eigenvalue weighted by atomic mass is 128. The minimum absolute atomic E-state index is 0. The smallest absolute Gasteiger partial charge is 0.338 e. The molecule has 15 nitrogen and oxygen atoms in total. The first kappa shape index (κ1) is 100. The van der Waals surface area contributed by atoms with Crippen LogP contribution in [-0.2, 0) is 42.7 Å². The van der Waals surface area contributed by atoms with Crippen molar-refractivity contribution in [3.05, 3.63) is 108 Å². The van der Waals surface area contributed by atoms with Gasteiger partial charge in [-0.1, -0.05) is 205 Å². The first-order valence-electron chi connectivity index (χ1n) is 41.0. The van der Waals surface area contributed by atoms with Crippen LogP contribution >= 0.6 is 37.2 Å². The predicted molar refractivity (Wildman–Crippen MR) is 453 cm³/mol. The van der Waals surface area contributed by atoms with Gasteiger partial charge in [0.1, 0.15) is 17.8 Å². The highest BCUT2D eigenvalue weighted by Crippen LogP contribution is 2.33. The topological polar surface area (TPSA) is 184 Å². The van der Waals surface area contributed by atoms with Crippen LogP contribution in [0.2, 0.25) is 0 Å². The quantitative estimate of drug-likeness (QED) is 0.0106. The lowest BCUT2D eigenvalue weighted by atomic mass is 9.96. The second-order valence-corrected chi connectivity index (χ2v) is 27.8. The second-order valence-electron chi connectivity index (χ2n) is 27.8. The van der Waals surface area contributed by atoms with E-state index < -0.39 is 0 Å². The number of carbonyl (C=O) groups is 3. The van der Waals surface area contributed by atoms with E-state index >= 15 is 0 Å². The lowest BCUT2D eigenvalue weighted by Crippen LogP contribution is -2.44. The number of hydrogen-bond donors (Lipinski definition) is 2. The molecule has 18 heteroatoms. The SMILES string of the molecule is CCC(C)O.CCCCCCCC1OC(CC)CC(CC2CC(CC(C)O)OC(CCCCCCCCCCOc3ccc(-c4ccc(C(=O)OCC)cc4)cc3)O2)O1.CCCCCCCC=O.CCOC(=O)c1ccc(-c2ccc(OCCCCCCCCCCC(OCC)OCC)cc2)cc1.II.[B]. The Kier molecular flexibility index (Phi) is 64.5. The van der Waals surface area contributed by atoms with Crippen molar-refractivity contribution < 1.29 is 72.0 Å². The van der Waals surface area contributed by atoms with Gasteiger partial charge in [0.05, 0.1) is 74.2 Å². The molecule has 3 radical (unpaired) electrons. The fraction of sp³-hybridized carbons (Fsp3) is 0.693. The molecule has 8 unspecified atom stereocenters. The molecule has 106 heavy (non-hydrogen) atoms. The van der Waals surface area contributed by atoms with Crippen molar-refractivity contribution in [3.8, 4) is 33.8 Å². The first-order chi connectivity index (χ1) is 51.2. The molecule has 4 aromatic carbocycles. The molecule has 6 rings (SSSR count). The zero-order valence-corrected chi connectivity index (χ0v) is 71.6. The first-order valence-corrected chi connectivity index (χ1v) is 47.3. The van der Waals surface area contributed by atoms with Gasteiger partial charge in [-0.2, -0.15) is 0 Å². The molecule has 2 aliphatic rings. The second kappa shape index (κ2) is 68.1. The predicted octanol–water partition coefficient (Wildman–Crippen LogP) is 23.9. The van der Waals surface area contributed by atoms with Crippen molar-refractivity contribution in [1.29, 1.82) is 0 Å². The number of carbonyl (C=O) groups excluding carboxylic acids is 3. The van der Waals surface area contributed by atoms with Crippen molar-refractivity contribution in [2.75, 3.05) is 39.6 Å². The minimum atomic E-state index is -0.385. The van der Waals surface area contributed by atoms with E-state index in [0.717, 1.165) is 143 Å². The number of benzene rings is 4. The zero-order chi connectivity index (χ0) is 76.8. The Morgan fingerprint density at radius 2 is 0.783 bits per heavy atom. The van der Waals surface area contributed by atoms with Crippen LogP contribution in [0.3, 0.4) is 0 Å². The maximum Gasteiger partial charge on any atom is 0.338 e. The molecule has 2 heterocycles. The van der Waals surface area contributed by atoms with Gasteiger partial charge >= 0.3 is 11.9 Å². The number of aliphatic hydroxyl groups is 2. The molecule has 0 amide bonds. The molecular formula is C88H142BI2O15. The molecule has 0 saturated carbocycles. The van der Waals surface area contributed by atoms with E-state index in [1.807, 2.05) is 90.1 Å². The third-order valence-electron chi connectivity index (χ3n) is 18.7. The molecule has 601 valence electrons. The summed E-state index contributed by atoms with van der Waals surface area (Å²) in [7, 11) is 0.